The first-order valence-corrected chi connectivity index (χ1v) is 5.28. The standard InChI is InChI=1S/C12H15N3O/c1-9-3-4-11(5-10(9)2)6-13-7-12-14-8-16-15-12/h3-5,8,13H,6-7H2,1-2H3. The van der Waals surface area contributed by atoms with Crippen LogP contribution in [0.5, 0.6) is 0 Å². The molecule has 2 rings (SSSR count). The molecule has 4 heteroatoms. The summed E-state index contributed by atoms with van der Waals surface area (Å²) in [5.41, 5.74) is 3.91. The number of aromatic nitrogens is 2. The molecule has 1 heterocycles. The molecule has 0 saturated heterocycles. The first kappa shape index (κ1) is 10.8. The number of hydrogen-bond donors (Lipinski definition) is 1. The van der Waals surface area contributed by atoms with E-state index >= 15 is 0 Å². The van der Waals surface area contributed by atoms with E-state index in [9.17, 15) is 0 Å². The fourth-order valence-corrected chi connectivity index (χ4v) is 1.50. The number of benzene rings is 1. The van der Waals surface area contributed by atoms with E-state index in [2.05, 4.69) is 52.0 Å². The Labute approximate surface area is 94.7 Å². The number of rotatable bonds is 4. The van der Waals surface area contributed by atoms with Crippen molar-refractivity contribution in [1.29, 1.82) is 0 Å². The van der Waals surface area contributed by atoms with E-state index < -0.39 is 0 Å². The highest BCUT2D eigenvalue weighted by Gasteiger charge is 1.99. The van der Waals surface area contributed by atoms with Crippen molar-refractivity contribution in [1.82, 2.24) is 15.5 Å². The van der Waals surface area contributed by atoms with E-state index in [1.807, 2.05) is 0 Å². The molecule has 1 aromatic heterocycles. The van der Waals surface area contributed by atoms with Crippen molar-refractivity contribution < 1.29 is 4.52 Å². The fraction of sp³-hybridized carbons (Fsp3) is 0.333. The largest absolute Gasteiger partial charge is 0.343 e. The quantitative estimate of drug-likeness (QED) is 0.850. The third kappa shape index (κ3) is 2.67. The van der Waals surface area contributed by atoms with Gasteiger partial charge in [-0.2, -0.15) is 4.98 Å². The summed E-state index contributed by atoms with van der Waals surface area (Å²) < 4.78 is 4.65. The van der Waals surface area contributed by atoms with Crippen molar-refractivity contribution in [3.8, 4) is 0 Å². The number of nitrogens with one attached hydrogen (secondary N) is 1. The normalized spacial score (nSPS) is 10.6. The van der Waals surface area contributed by atoms with Gasteiger partial charge in [0, 0.05) is 6.54 Å². The summed E-state index contributed by atoms with van der Waals surface area (Å²) in [7, 11) is 0. The SMILES string of the molecule is Cc1ccc(CNCc2ncon2)cc1C. The minimum atomic E-state index is 0.628. The van der Waals surface area contributed by atoms with Crippen molar-refractivity contribution in [3.63, 3.8) is 0 Å². The number of nitrogens with zero attached hydrogens (tertiary/aromatic N) is 2. The average molecular weight is 217 g/mol. The van der Waals surface area contributed by atoms with Crippen LogP contribution in [0.4, 0.5) is 0 Å². The van der Waals surface area contributed by atoms with E-state index in [1.54, 1.807) is 0 Å². The summed E-state index contributed by atoms with van der Waals surface area (Å²) in [6.45, 7) is 5.68. The van der Waals surface area contributed by atoms with Gasteiger partial charge >= 0.3 is 0 Å². The molecule has 0 saturated carbocycles. The third-order valence-electron chi connectivity index (χ3n) is 2.59. The fourth-order valence-electron chi connectivity index (χ4n) is 1.50. The average Bonchev–Trinajstić information content (AvgIpc) is 2.76. The van der Waals surface area contributed by atoms with Gasteiger partial charge in [-0.15, -0.1) is 0 Å². The van der Waals surface area contributed by atoms with Crippen molar-refractivity contribution in [2.24, 2.45) is 0 Å². The van der Waals surface area contributed by atoms with E-state index in [0.717, 1.165) is 6.54 Å². The first-order chi connectivity index (χ1) is 7.75. The summed E-state index contributed by atoms with van der Waals surface area (Å²) in [5, 5.41) is 7.00. The van der Waals surface area contributed by atoms with Crippen LogP contribution in [0.25, 0.3) is 0 Å². The number of hydrogen-bond acceptors (Lipinski definition) is 4. The van der Waals surface area contributed by atoms with Crippen LogP contribution in [0.3, 0.4) is 0 Å². The Morgan fingerprint density at radius 3 is 2.75 bits per heavy atom. The molecule has 0 radical (unpaired) electrons. The topological polar surface area (TPSA) is 51.0 Å². The second-order valence-corrected chi connectivity index (χ2v) is 3.87. The van der Waals surface area contributed by atoms with Gasteiger partial charge in [0.1, 0.15) is 0 Å². The monoisotopic (exact) mass is 217 g/mol. The first-order valence-electron chi connectivity index (χ1n) is 5.28. The Bertz CT molecular complexity index is 451. The minimum absolute atomic E-state index is 0.628. The Hall–Kier alpha value is -1.68. The molecule has 0 amide bonds. The molecule has 2 aromatic rings. The summed E-state index contributed by atoms with van der Waals surface area (Å²) >= 11 is 0. The predicted molar refractivity (Wildman–Crippen MR) is 60.8 cm³/mol. The third-order valence-corrected chi connectivity index (χ3v) is 2.59. The molecule has 0 aliphatic heterocycles. The highest BCUT2D eigenvalue weighted by molar-refractivity contribution is 5.29. The van der Waals surface area contributed by atoms with Crippen LogP contribution in [0, 0.1) is 13.8 Å². The lowest BCUT2D eigenvalue weighted by molar-refractivity contribution is 0.407. The maximum Gasteiger partial charge on any atom is 0.213 e. The molecule has 1 N–H and O–H groups in total. The van der Waals surface area contributed by atoms with Gasteiger partial charge in [-0.25, -0.2) is 0 Å². The molecule has 0 aliphatic rings. The van der Waals surface area contributed by atoms with E-state index in [0.29, 0.717) is 12.4 Å². The van der Waals surface area contributed by atoms with Gasteiger partial charge in [0.05, 0.1) is 6.54 Å². The predicted octanol–water partition coefficient (Wildman–Crippen LogP) is 1.98. The van der Waals surface area contributed by atoms with Gasteiger partial charge in [0.15, 0.2) is 5.82 Å². The van der Waals surface area contributed by atoms with Crippen LogP contribution in [0.2, 0.25) is 0 Å². The Morgan fingerprint density at radius 2 is 2.06 bits per heavy atom. The molecule has 0 spiro atoms. The zero-order valence-electron chi connectivity index (χ0n) is 9.53. The zero-order valence-corrected chi connectivity index (χ0v) is 9.53. The minimum Gasteiger partial charge on any atom is -0.343 e. The van der Waals surface area contributed by atoms with E-state index in [1.165, 1.54) is 23.1 Å². The second kappa shape index (κ2) is 4.90. The number of aryl methyl sites for hydroxylation is 2. The van der Waals surface area contributed by atoms with Crippen LogP contribution < -0.4 is 5.32 Å². The second-order valence-electron chi connectivity index (χ2n) is 3.87. The molecule has 0 unspecified atom stereocenters. The highest BCUT2D eigenvalue weighted by Crippen LogP contribution is 2.09. The smallest absolute Gasteiger partial charge is 0.213 e. The van der Waals surface area contributed by atoms with Crippen LogP contribution in [0.1, 0.15) is 22.5 Å². The van der Waals surface area contributed by atoms with Crippen molar-refractivity contribution in [3.05, 3.63) is 47.1 Å². The van der Waals surface area contributed by atoms with Crippen molar-refractivity contribution in [2.45, 2.75) is 26.9 Å². The van der Waals surface area contributed by atoms with Gasteiger partial charge in [-0.05, 0) is 30.5 Å². The van der Waals surface area contributed by atoms with Crippen LogP contribution in [-0.4, -0.2) is 10.1 Å². The van der Waals surface area contributed by atoms with Gasteiger partial charge in [-0.3, -0.25) is 0 Å². The summed E-state index contributed by atoms with van der Waals surface area (Å²) in [4.78, 5) is 3.94. The maximum atomic E-state index is 4.65. The molecule has 0 bridgehead atoms. The highest BCUT2D eigenvalue weighted by atomic mass is 16.5. The zero-order chi connectivity index (χ0) is 11.4. The lowest BCUT2D eigenvalue weighted by Crippen LogP contribution is -2.13. The van der Waals surface area contributed by atoms with Crippen LogP contribution >= 0.6 is 0 Å². The van der Waals surface area contributed by atoms with E-state index in [-0.39, 0.29) is 0 Å². The Kier molecular flexibility index (Phi) is 3.31. The van der Waals surface area contributed by atoms with Crippen LogP contribution in [-0.2, 0) is 13.1 Å². The molecule has 0 aliphatic carbocycles. The molecule has 84 valence electrons. The van der Waals surface area contributed by atoms with Gasteiger partial charge in [0.2, 0.25) is 6.39 Å². The molecular weight excluding hydrogens is 202 g/mol. The maximum absolute atomic E-state index is 4.65. The Balaban J connectivity index is 1.87. The lowest BCUT2D eigenvalue weighted by Gasteiger charge is -2.05. The molecule has 16 heavy (non-hydrogen) atoms. The van der Waals surface area contributed by atoms with Gasteiger partial charge < -0.3 is 9.84 Å². The molecular formula is C12H15N3O. The van der Waals surface area contributed by atoms with Crippen molar-refractivity contribution >= 4 is 0 Å². The summed E-state index contributed by atoms with van der Waals surface area (Å²) in [5.74, 6) is 0.684. The summed E-state index contributed by atoms with van der Waals surface area (Å²) in [6.07, 6.45) is 1.34. The van der Waals surface area contributed by atoms with Crippen LogP contribution in [0.15, 0.2) is 29.1 Å². The lowest BCUT2D eigenvalue weighted by atomic mass is 10.1. The molecule has 0 fully saturated rings. The molecule has 1 aromatic carbocycles. The molecule has 0 atom stereocenters. The van der Waals surface area contributed by atoms with Gasteiger partial charge in [-0.1, -0.05) is 23.4 Å². The van der Waals surface area contributed by atoms with Gasteiger partial charge in [0.25, 0.3) is 0 Å². The molecule has 4 nitrogen and oxygen atoms in total. The van der Waals surface area contributed by atoms with Crippen molar-refractivity contribution in [2.75, 3.05) is 0 Å². The van der Waals surface area contributed by atoms with E-state index in [4.69, 9.17) is 0 Å². The Morgan fingerprint density at radius 1 is 1.19 bits per heavy atom. The summed E-state index contributed by atoms with van der Waals surface area (Å²) in [6, 6.07) is 6.46.